The largest absolute Gasteiger partial charge is 0.492 e. The third-order valence-corrected chi connectivity index (χ3v) is 7.34. The summed E-state index contributed by atoms with van der Waals surface area (Å²) in [6.07, 6.45) is 4.79. The van der Waals surface area contributed by atoms with Gasteiger partial charge in [0.15, 0.2) is 11.6 Å². The SMILES string of the molecule is CCCCOc1c(F)c(-c2nc3cc(N4CCC4)ccc3n2C2COC2)c(C)c(OC)c1OCCCC. The molecule has 3 heterocycles. The smallest absolute Gasteiger partial charge is 0.207 e. The number of benzene rings is 2. The van der Waals surface area contributed by atoms with E-state index in [-0.39, 0.29) is 11.8 Å². The van der Waals surface area contributed by atoms with Crippen molar-refractivity contribution in [2.24, 2.45) is 0 Å². The minimum atomic E-state index is -0.458. The zero-order chi connectivity index (χ0) is 25.9. The van der Waals surface area contributed by atoms with Gasteiger partial charge in [0, 0.05) is 24.3 Å². The highest BCUT2D eigenvalue weighted by molar-refractivity contribution is 5.86. The van der Waals surface area contributed by atoms with Crippen molar-refractivity contribution in [2.45, 2.75) is 58.9 Å². The average molecular weight is 512 g/mol. The van der Waals surface area contributed by atoms with Crippen LogP contribution >= 0.6 is 0 Å². The Labute approximate surface area is 218 Å². The first-order chi connectivity index (χ1) is 18.1. The normalized spacial score (nSPS) is 15.5. The minimum absolute atomic E-state index is 0.0876. The number of unbranched alkanes of at least 4 members (excludes halogenated alkanes) is 2. The Hall–Kier alpha value is -3.00. The van der Waals surface area contributed by atoms with Gasteiger partial charge < -0.3 is 28.4 Å². The topological polar surface area (TPSA) is 58.0 Å². The number of anilines is 1. The number of ether oxygens (including phenoxy) is 4. The summed E-state index contributed by atoms with van der Waals surface area (Å²) in [4.78, 5) is 7.35. The molecular formula is C29H38FN3O4. The summed E-state index contributed by atoms with van der Waals surface area (Å²) >= 11 is 0. The molecule has 5 rings (SSSR count). The molecule has 0 saturated carbocycles. The van der Waals surface area contributed by atoms with Gasteiger partial charge in [-0.2, -0.15) is 0 Å². The molecule has 0 amide bonds. The van der Waals surface area contributed by atoms with Gasteiger partial charge in [-0.25, -0.2) is 9.37 Å². The van der Waals surface area contributed by atoms with Crippen molar-refractivity contribution in [3.8, 4) is 28.6 Å². The number of imidazole rings is 1. The lowest BCUT2D eigenvalue weighted by Crippen LogP contribution is -2.36. The minimum Gasteiger partial charge on any atom is -0.492 e. The molecule has 0 radical (unpaired) electrons. The first kappa shape index (κ1) is 25.6. The fourth-order valence-electron chi connectivity index (χ4n) is 4.95. The molecule has 0 unspecified atom stereocenters. The number of fused-ring (bicyclic) bond motifs is 1. The van der Waals surface area contributed by atoms with Crippen molar-refractivity contribution in [1.29, 1.82) is 0 Å². The summed E-state index contributed by atoms with van der Waals surface area (Å²) in [5.74, 6) is 1.04. The van der Waals surface area contributed by atoms with Crippen LogP contribution in [0.1, 0.15) is 57.6 Å². The highest BCUT2D eigenvalue weighted by Crippen LogP contribution is 2.49. The third kappa shape index (κ3) is 4.72. The Morgan fingerprint density at radius 1 is 1.03 bits per heavy atom. The second-order valence-electron chi connectivity index (χ2n) is 9.92. The molecule has 3 aromatic rings. The van der Waals surface area contributed by atoms with E-state index in [1.165, 1.54) is 6.42 Å². The molecule has 37 heavy (non-hydrogen) atoms. The van der Waals surface area contributed by atoms with Crippen LogP contribution in [0.2, 0.25) is 0 Å². The Kier molecular flexibility index (Phi) is 7.74. The van der Waals surface area contributed by atoms with Crippen LogP contribution < -0.4 is 19.1 Å². The maximum Gasteiger partial charge on any atom is 0.207 e. The fraction of sp³-hybridized carbons (Fsp3) is 0.552. The molecule has 7 nitrogen and oxygen atoms in total. The van der Waals surface area contributed by atoms with Crippen molar-refractivity contribution < 1.29 is 23.3 Å². The predicted molar refractivity (Wildman–Crippen MR) is 144 cm³/mol. The molecule has 0 spiro atoms. The maximum absolute atomic E-state index is 16.5. The van der Waals surface area contributed by atoms with Gasteiger partial charge in [-0.3, -0.25) is 0 Å². The van der Waals surface area contributed by atoms with E-state index in [9.17, 15) is 0 Å². The number of rotatable bonds is 12. The summed E-state index contributed by atoms with van der Waals surface area (Å²) in [5, 5.41) is 0. The molecule has 0 N–H and O–H groups in total. The standard InChI is InChI=1S/C29H38FN3O4/c1-5-7-14-36-27-25(30)24(19(3)26(34-4)28(27)37-15-8-6-2)29-31-22-16-20(32-12-9-13-32)10-11-23(22)33(29)21-17-35-18-21/h10-11,16,21H,5-9,12-15,17-18H2,1-4H3. The number of hydrogen-bond acceptors (Lipinski definition) is 6. The number of halogens is 1. The molecule has 8 heteroatoms. The molecule has 2 aliphatic rings. The third-order valence-electron chi connectivity index (χ3n) is 7.34. The van der Waals surface area contributed by atoms with E-state index in [0.29, 0.717) is 54.9 Å². The van der Waals surface area contributed by atoms with Gasteiger partial charge in [-0.05, 0) is 44.4 Å². The molecule has 2 saturated heterocycles. The maximum atomic E-state index is 16.5. The molecule has 0 bridgehead atoms. The first-order valence-electron chi connectivity index (χ1n) is 13.6. The second-order valence-corrected chi connectivity index (χ2v) is 9.92. The number of hydrogen-bond donors (Lipinski definition) is 0. The van der Waals surface area contributed by atoms with E-state index in [2.05, 4.69) is 41.5 Å². The van der Waals surface area contributed by atoms with Crippen LogP contribution in [0.15, 0.2) is 18.2 Å². The Morgan fingerprint density at radius 3 is 2.30 bits per heavy atom. The number of nitrogens with zero attached hydrogens (tertiary/aromatic N) is 3. The molecule has 1 aromatic heterocycles. The summed E-state index contributed by atoms with van der Waals surface area (Å²) in [6, 6.07) is 6.43. The van der Waals surface area contributed by atoms with E-state index in [0.717, 1.165) is 55.5 Å². The van der Waals surface area contributed by atoms with Crippen LogP contribution in [-0.2, 0) is 4.74 Å². The van der Waals surface area contributed by atoms with Crippen molar-refractivity contribution in [2.75, 3.05) is 51.5 Å². The average Bonchev–Trinajstić information content (AvgIpc) is 3.17. The second kappa shape index (κ2) is 11.2. The molecule has 2 aromatic carbocycles. The molecule has 2 fully saturated rings. The lowest BCUT2D eigenvalue weighted by Gasteiger charge is -2.33. The molecule has 0 atom stereocenters. The van der Waals surface area contributed by atoms with E-state index >= 15 is 4.39 Å². The monoisotopic (exact) mass is 511 g/mol. The summed E-state index contributed by atoms with van der Waals surface area (Å²) in [7, 11) is 1.59. The predicted octanol–water partition coefficient (Wildman–Crippen LogP) is 6.30. The quantitative estimate of drug-likeness (QED) is 0.266. The molecule has 200 valence electrons. The van der Waals surface area contributed by atoms with E-state index in [1.54, 1.807) is 7.11 Å². The fourth-order valence-corrected chi connectivity index (χ4v) is 4.95. The van der Waals surface area contributed by atoms with Crippen LogP contribution in [0.4, 0.5) is 10.1 Å². The van der Waals surface area contributed by atoms with Gasteiger partial charge in [0.1, 0.15) is 5.82 Å². The summed E-state index contributed by atoms with van der Waals surface area (Å²) in [5.41, 5.74) is 4.01. The van der Waals surface area contributed by atoms with Crippen LogP contribution in [0.25, 0.3) is 22.4 Å². The molecule has 2 aliphatic heterocycles. The first-order valence-corrected chi connectivity index (χ1v) is 13.6. The van der Waals surface area contributed by atoms with Crippen LogP contribution in [-0.4, -0.2) is 56.2 Å². The zero-order valence-electron chi connectivity index (χ0n) is 22.4. The van der Waals surface area contributed by atoms with Crippen LogP contribution in [0.5, 0.6) is 17.2 Å². The molecule has 0 aliphatic carbocycles. The Bertz CT molecular complexity index is 1250. The zero-order valence-corrected chi connectivity index (χ0v) is 22.4. The van der Waals surface area contributed by atoms with Gasteiger partial charge in [-0.15, -0.1) is 0 Å². The highest BCUT2D eigenvalue weighted by Gasteiger charge is 2.33. The molecular weight excluding hydrogens is 473 g/mol. The van der Waals surface area contributed by atoms with Gasteiger partial charge >= 0.3 is 0 Å². The van der Waals surface area contributed by atoms with Gasteiger partial charge in [-0.1, -0.05) is 26.7 Å². The van der Waals surface area contributed by atoms with Crippen molar-refractivity contribution in [3.63, 3.8) is 0 Å². The summed E-state index contributed by atoms with van der Waals surface area (Å²) < 4.78 is 42.1. The van der Waals surface area contributed by atoms with Crippen molar-refractivity contribution >= 4 is 16.7 Å². The van der Waals surface area contributed by atoms with Gasteiger partial charge in [0.05, 0.1) is 56.2 Å². The lowest BCUT2D eigenvalue weighted by molar-refractivity contribution is -0.0209. The lowest BCUT2D eigenvalue weighted by atomic mass is 10.0. The summed E-state index contributed by atoms with van der Waals surface area (Å²) in [6.45, 7) is 10.2. The Balaban J connectivity index is 1.69. The number of methoxy groups -OCH3 is 1. The van der Waals surface area contributed by atoms with E-state index in [4.69, 9.17) is 23.9 Å². The van der Waals surface area contributed by atoms with E-state index < -0.39 is 5.82 Å². The van der Waals surface area contributed by atoms with Crippen LogP contribution in [0.3, 0.4) is 0 Å². The van der Waals surface area contributed by atoms with Crippen LogP contribution in [0, 0.1) is 12.7 Å². The van der Waals surface area contributed by atoms with Gasteiger partial charge in [0.25, 0.3) is 0 Å². The van der Waals surface area contributed by atoms with Gasteiger partial charge in [0.2, 0.25) is 11.5 Å². The van der Waals surface area contributed by atoms with E-state index in [1.807, 2.05) is 6.92 Å². The Morgan fingerprint density at radius 2 is 1.73 bits per heavy atom. The number of aromatic nitrogens is 2. The van der Waals surface area contributed by atoms with Crippen molar-refractivity contribution in [1.82, 2.24) is 9.55 Å². The van der Waals surface area contributed by atoms with Crippen molar-refractivity contribution in [3.05, 3.63) is 29.6 Å². The highest BCUT2D eigenvalue weighted by atomic mass is 19.1.